The van der Waals surface area contributed by atoms with Gasteiger partial charge in [0.15, 0.2) is 0 Å². The Morgan fingerprint density at radius 2 is 2.33 bits per heavy atom. The quantitative estimate of drug-likeness (QED) is 0.345. The van der Waals surface area contributed by atoms with Crippen LogP contribution in [0.25, 0.3) is 0 Å². The summed E-state index contributed by atoms with van der Waals surface area (Å²) in [7, 11) is 0. The number of hydrogen-bond donors (Lipinski definition) is 0. The zero-order chi connectivity index (χ0) is 3.54. The summed E-state index contributed by atoms with van der Waals surface area (Å²) in [5.74, 6) is 0. The van der Waals surface area contributed by atoms with Gasteiger partial charge in [-0.15, -0.1) is 5.10 Å². The van der Waals surface area contributed by atoms with Gasteiger partial charge < -0.3 is 0 Å². The van der Waals surface area contributed by atoms with Crippen LogP contribution < -0.4 is 29.6 Å². The molecule has 0 spiro atoms. The van der Waals surface area contributed by atoms with Crippen molar-refractivity contribution in [3.63, 3.8) is 0 Å². The molecule has 1 aromatic rings. The third kappa shape index (κ3) is 1.87. The van der Waals surface area contributed by atoms with Crippen LogP contribution >= 0.6 is 11.5 Å². The molecule has 0 saturated heterocycles. The smallest absolute Gasteiger partial charge is 0.147 e. The first-order valence-corrected chi connectivity index (χ1v) is 2.05. The fourth-order valence-electron chi connectivity index (χ4n) is 0.136. The molecule has 0 amide bonds. The predicted molar refractivity (Wildman–Crippen MR) is 19.9 cm³/mol. The van der Waals surface area contributed by atoms with E-state index in [1.165, 1.54) is 11.5 Å². The third-order valence-electron chi connectivity index (χ3n) is 0.283. The number of rotatable bonds is 0. The fraction of sp³-hybridized carbons (Fsp3) is 0. The van der Waals surface area contributed by atoms with Crippen LogP contribution in [0.2, 0.25) is 0 Å². The van der Waals surface area contributed by atoms with Crippen molar-refractivity contribution < 1.29 is 29.6 Å². The Bertz CT molecular complexity index is 68.0. The van der Waals surface area contributed by atoms with Crippen LogP contribution in [0.15, 0.2) is 11.6 Å². The van der Waals surface area contributed by atoms with Crippen LogP contribution in [0.5, 0.6) is 0 Å². The van der Waals surface area contributed by atoms with Crippen LogP contribution in [-0.4, -0.2) is 9.59 Å². The van der Waals surface area contributed by atoms with Gasteiger partial charge in [-0.2, -0.15) is 0 Å². The van der Waals surface area contributed by atoms with E-state index in [0.717, 1.165) is 0 Å². The molecule has 6 heavy (non-hydrogen) atoms. The zero-order valence-corrected chi connectivity index (χ0v) is 6.27. The molecule has 0 radical (unpaired) electrons. The maximum atomic E-state index is 3.51. The average molecular weight is 109 g/mol. The van der Waals surface area contributed by atoms with Crippen molar-refractivity contribution in [2.45, 2.75) is 0 Å². The molecule has 1 aromatic heterocycles. The summed E-state index contributed by atoms with van der Waals surface area (Å²) in [6, 6.07) is 0. The van der Waals surface area contributed by atoms with Gasteiger partial charge in [-0.25, -0.2) is 0 Å². The zero-order valence-electron chi connectivity index (χ0n) is 3.46. The minimum Gasteiger partial charge on any atom is -0.147 e. The van der Waals surface area contributed by atoms with Crippen molar-refractivity contribution in [1.29, 1.82) is 0 Å². The van der Waals surface area contributed by atoms with Crippen molar-refractivity contribution in [3.05, 3.63) is 11.6 Å². The largest absolute Gasteiger partial charge is 1.00 e. The van der Waals surface area contributed by atoms with Crippen LogP contribution in [0.4, 0.5) is 0 Å². The van der Waals surface area contributed by atoms with Crippen LogP contribution in [-0.2, 0) is 0 Å². The maximum absolute atomic E-state index is 3.51. The molecule has 1 rings (SSSR count). The summed E-state index contributed by atoms with van der Waals surface area (Å²) in [6.45, 7) is 0. The molecule has 0 atom stereocenters. The van der Waals surface area contributed by atoms with E-state index in [1.807, 2.05) is 5.38 Å². The molecule has 0 unspecified atom stereocenters. The van der Waals surface area contributed by atoms with Gasteiger partial charge in [-0.05, 0) is 11.5 Å². The Balaban J connectivity index is 0.000000250. The molecule has 4 heteroatoms. The molecule has 0 N–H and O–H groups in total. The van der Waals surface area contributed by atoms with Gasteiger partial charge in [-0.1, -0.05) is 4.49 Å². The third-order valence-corrected chi connectivity index (χ3v) is 0.715. The van der Waals surface area contributed by atoms with E-state index in [1.54, 1.807) is 6.20 Å². The van der Waals surface area contributed by atoms with Crippen molar-refractivity contribution in [3.8, 4) is 0 Å². The van der Waals surface area contributed by atoms with Gasteiger partial charge >= 0.3 is 29.6 Å². The Kier molecular flexibility index (Phi) is 4.09. The van der Waals surface area contributed by atoms with Crippen molar-refractivity contribution in [2.24, 2.45) is 0 Å². The summed E-state index contributed by atoms with van der Waals surface area (Å²) in [4.78, 5) is 0. The molecule has 2 nitrogen and oxygen atoms in total. The number of hydrogen-bond acceptors (Lipinski definition) is 3. The van der Waals surface area contributed by atoms with E-state index in [2.05, 4.69) is 9.59 Å². The Labute approximate surface area is 62.0 Å². The minimum absolute atomic E-state index is 0. The van der Waals surface area contributed by atoms with E-state index in [4.69, 9.17) is 0 Å². The van der Waals surface area contributed by atoms with E-state index in [0.29, 0.717) is 0 Å². The SMILES string of the molecule is [Na+].c1csnn1. The van der Waals surface area contributed by atoms with Crippen LogP contribution in [0, 0.1) is 0 Å². The van der Waals surface area contributed by atoms with E-state index < -0.39 is 0 Å². The summed E-state index contributed by atoms with van der Waals surface area (Å²) >= 11 is 1.35. The van der Waals surface area contributed by atoms with E-state index >= 15 is 0 Å². The van der Waals surface area contributed by atoms with Crippen molar-refractivity contribution in [1.82, 2.24) is 9.59 Å². The molecule has 26 valence electrons. The molecule has 1 heterocycles. The van der Waals surface area contributed by atoms with Gasteiger partial charge in [0.2, 0.25) is 0 Å². The molecule has 0 aromatic carbocycles. The second-order valence-electron chi connectivity index (χ2n) is 0.588. The van der Waals surface area contributed by atoms with Crippen molar-refractivity contribution in [2.75, 3.05) is 0 Å². The average Bonchev–Trinajstić information content (AvgIpc) is 1.76. The molecule has 0 fully saturated rings. The Hall–Kier alpha value is 0.560. The second kappa shape index (κ2) is 3.74. The van der Waals surface area contributed by atoms with Crippen LogP contribution in [0.3, 0.4) is 0 Å². The normalized spacial score (nSPS) is 6.67. The van der Waals surface area contributed by atoms with E-state index in [9.17, 15) is 0 Å². The molecule has 0 bridgehead atoms. The first-order chi connectivity index (χ1) is 2.50. The fourth-order valence-corrected chi connectivity index (χ4v) is 0.408. The molecule has 0 saturated carbocycles. The van der Waals surface area contributed by atoms with Gasteiger partial charge in [0, 0.05) is 5.38 Å². The van der Waals surface area contributed by atoms with Gasteiger partial charge in [0.25, 0.3) is 0 Å². The maximum Gasteiger partial charge on any atom is 1.00 e. The van der Waals surface area contributed by atoms with Gasteiger partial charge in [0.1, 0.15) is 0 Å². The number of nitrogens with zero attached hydrogens (tertiary/aromatic N) is 2. The Morgan fingerprint density at radius 3 is 2.50 bits per heavy atom. The molecular formula is C2H2N2NaS+. The number of aromatic nitrogens is 2. The second-order valence-corrected chi connectivity index (χ2v) is 1.23. The summed E-state index contributed by atoms with van der Waals surface area (Å²) in [5, 5.41) is 5.31. The molecule has 0 aliphatic heterocycles. The monoisotopic (exact) mass is 109 g/mol. The van der Waals surface area contributed by atoms with Crippen LogP contribution in [0.1, 0.15) is 0 Å². The van der Waals surface area contributed by atoms with Crippen molar-refractivity contribution >= 4 is 11.5 Å². The topological polar surface area (TPSA) is 25.8 Å². The van der Waals surface area contributed by atoms with Gasteiger partial charge in [0.05, 0.1) is 6.20 Å². The molecule has 0 aliphatic carbocycles. The Morgan fingerprint density at radius 1 is 1.50 bits per heavy atom. The summed E-state index contributed by atoms with van der Waals surface area (Å²) in [6.07, 6.45) is 1.66. The molecular weight excluding hydrogens is 107 g/mol. The summed E-state index contributed by atoms with van der Waals surface area (Å²) < 4.78 is 3.51. The minimum atomic E-state index is 0. The van der Waals surface area contributed by atoms with E-state index in [-0.39, 0.29) is 29.6 Å². The standard InChI is InChI=1S/C2H2N2S.Na/c1-2-5-4-3-1;/h1-2H;/q;+1. The molecule has 0 aliphatic rings. The summed E-state index contributed by atoms with van der Waals surface area (Å²) in [5.41, 5.74) is 0. The van der Waals surface area contributed by atoms with Gasteiger partial charge in [-0.3, -0.25) is 0 Å². The first kappa shape index (κ1) is 6.56. The first-order valence-electron chi connectivity index (χ1n) is 1.21. The predicted octanol–water partition coefficient (Wildman–Crippen LogP) is -2.46.